The second-order valence-electron chi connectivity index (χ2n) is 5.87. The van der Waals surface area contributed by atoms with Gasteiger partial charge in [0.2, 0.25) is 0 Å². The average molecular weight is 350 g/mol. The summed E-state index contributed by atoms with van der Waals surface area (Å²) in [6.07, 6.45) is 0. The van der Waals surface area contributed by atoms with E-state index < -0.39 is 0 Å². The molecule has 2 heterocycles. The van der Waals surface area contributed by atoms with Crippen LogP contribution in [0.4, 0.5) is 5.69 Å². The summed E-state index contributed by atoms with van der Waals surface area (Å²) in [5.74, 6) is -0.300. The van der Waals surface area contributed by atoms with Crippen molar-refractivity contribution in [3.63, 3.8) is 0 Å². The fourth-order valence-corrected chi connectivity index (χ4v) is 4.37. The lowest BCUT2D eigenvalue weighted by molar-refractivity contribution is -0.138. The van der Waals surface area contributed by atoms with Gasteiger partial charge in [0.25, 0.3) is 0 Å². The Balaban J connectivity index is 1.90. The van der Waals surface area contributed by atoms with Gasteiger partial charge in [-0.3, -0.25) is 0 Å². The molecule has 0 fully saturated rings. The first-order chi connectivity index (χ1) is 12.2. The van der Waals surface area contributed by atoms with Gasteiger partial charge in [0.1, 0.15) is 0 Å². The number of anilines is 1. The molecule has 0 amide bonds. The van der Waals surface area contributed by atoms with Gasteiger partial charge in [0, 0.05) is 4.90 Å². The average Bonchev–Trinajstić information content (AvgIpc) is 2.99. The van der Waals surface area contributed by atoms with E-state index in [2.05, 4.69) is 17.0 Å². The Kier molecular flexibility index (Phi) is 4.09. The Hall–Kier alpha value is -2.53. The van der Waals surface area contributed by atoms with Crippen LogP contribution >= 0.6 is 11.8 Å². The minimum atomic E-state index is -0.300. The topological polar surface area (TPSA) is 41.9 Å². The number of carbonyl (C=O) groups is 1. The van der Waals surface area contributed by atoms with Crippen molar-refractivity contribution in [1.29, 1.82) is 0 Å². The first kappa shape index (κ1) is 16.0. The molecule has 2 aliphatic rings. The minimum Gasteiger partial charge on any atom is -0.463 e. The second-order valence-corrected chi connectivity index (χ2v) is 6.88. The molecule has 0 spiro atoms. The van der Waals surface area contributed by atoms with Crippen molar-refractivity contribution in [2.75, 3.05) is 11.5 Å². The van der Waals surface area contributed by atoms with Crippen molar-refractivity contribution in [2.24, 2.45) is 4.99 Å². The molecule has 0 saturated carbocycles. The Morgan fingerprint density at radius 1 is 1.16 bits per heavy atom. The molecule has 4 nitrogen and oxygen atoms in total. The fourth-order valence-electron chi connectivity index (χ4n) is 3.27. The Morgan fingerprint density at radius 2 is 1.88 bits per heavy atom. The number of benzene rings is 2. The molecule has 0 saturated heterocycles. The number of carbonyl (C=O) groups excluding carboxylic acids is 1. The molecule has 4 rings (SSSR count). The highest BCUT2D eigenvalue weighted by Gasteiger charge is 2.41. The van der Waals surface area contributed by atoms with Crippen molar-refractivity contribution in [3.8, 4) is 0 Å². The molecule has 2 aliphatic heterocycles. The summed E-state index contributed by atoms with van der Waals surface area (Å²) in [5, 5.41) is 0.903. The molecule has 0 bridgehead atoms. The number of hydrogen-bond acceptors (Lipinski definition) is 5. The van der Waals surface area contributed by atoms with Gasteiger partial charge in [0.05, 0.1) is 29.6 Å². The number of allylic oxidation sites excluding steroid dienone is 1. The van der Waals surface area contributed by atoms with Crippen LogP contribution < -0.4 is 4.90 Å². The van der Waals surface area contributed by atoms with E-state index in [4.69, 9.17) is 9.73 Å². The monoisotopic (exact) mass is 350 g/mol. The van der Waals surface area contributed by atoms with E-state index in [1.807, 2.05) is 56.3 Å². The number of hydrogen-bond donors (Lipinski definition) is 0. The predicted octanol–water partition coefficient (Wildman–Crippen LogP) is 4.55. The largest absolute Gasteiger partial charge is 0.463 e. The van der Waals surface area contributed by atoms with Crippen LogP contribution in [0.1, 0.15) is 25.5 Å². The smallest absolute Gasteiger partial charge is 0.338 e. The summed E-state index contributed by atoms with van der Waals surface area (Å²) in [7, 11) is 0. The van der Waals surface area contributed by atoms with Crippen molar-refractivity contribution >= 4 is 28.6 Å². The van der Waals surface area contributed by atoms with Gasteiger partial charge in [-0.2, -0.15) is 0 Å². The maximum absolute atomic E-state index is 12.7. The molecule has 0 aliphatic carbocycles. The lowest BCUT2D eigenvalue weighted by atomic mass is 9.94. The Bertz CT molecular complexity index is 890. The summed E-state index contributed by atoms with van der Waals surface area (Å²) in [5.41, 5.74) is 3.46. The third-order valence-electron chi connectivity index (χ3n) is 4.33. The van der Waals surface area contributed by atoms with Gasteiger partial charge in [-0.05, 0) is 43.3 Å². The number of nitrogens with zero attached hydrogens (tertiary/aromatic N) is 2. The summed E-state index contributed by atoms with van der Waals surface area (Å²) in [6, 6.07) is 18.0. The lowest BCUT2D eigenvalue weighted by Gasteiger charge is -2.34. The van der Waals surface area contributed by atoms with Crippen LogP contribution in [0.2, 0.25) is 0 Å². The van der Waals surface area contributed by atoms with Crippen molar-refractivity contribution in [2.45, 2.75) is 24.8 Å². The van der Waals surface area contributed by atoms with Gasteiger partial charge in [0.15, 0.2) is 5.17 Å². The maximum Gasteiger partial charge on any atom is 0.338 e. The molecule has 1 atom stereocenters. The van der Waals surface area contributed by atoms with Crippen LogP contribution in [-0.2, 0) is 9.53 Å². The summed E-state index contributed by atoms with van der Waals surface area (Å²) in [4.78, 5) is 20.7. The lowest BCUT2D eigenvalue weighted by Crippen LogP contribution is -2.37. The quantitative estimate of drug-likeness (QED) is 0.762. The second kappa shape index (κ2) is 6.41. The van der Waals surface area contributed by atoms with E-state index in [0.717, 1.165) is 27.0 Å². The molecule has 2 aromatic carbocycles. The van der Waals surface area contributed by atoms with E-state index in [9.17, 15) is 4.79 Å². The third-order valence-corrected chi connectivity index (χ3v) is 5.36. The molecular formula is C20H18N2O2S. The highest BCUT2D eigenvalue weighted by Crippen LogP contribution is 2.49. The highest BCUT2D eigenvalue weighted by atomic mass is 32.2. The van der Waals surface area contributed by atoms with Gasteiger partial charge < -0.3 is 9.64 Å². The summed E-state index contributed by atoms with van der Waals surface area (Å²) >= 11 is 1.64. The van der Waals surface area contributed by atoms with Crippen LogP contribution in [0.15, 0.2) is 75.8 Å². The number of para-hydroxylation sites is 1. The summed E-state index contributed by atoms with van der Waals surface area (Å²) in [6.45, 7) is 4.05. The van der Waals surface area contributed by atoms with Crippen molar-refractivity contribution in [3.05, 3.63) is 71.4 Å². The normalized spacial score (nSPS) is 18.6. The van der Waals surface area contributed by atoms with E-state index in [1.54, 1.807) is 11.8 Å². The molecular weight excluding hydrogens is 332 g/mol. The number of fused-ring (bicyclic) bond motifs is 3. The number of aliphatic imine (C=N–C) groups is 1. The first-order valence-electron chi connectivity index (χ1n) is 8.28. The molecule has 0 N–H and O–H groups in total. The van der Waals surface area contributed by atoms with Crippen molar-refractivity contribution < 1.29 is 9.53 Å². The molecule has 0 aromatic heterocycles. The minimum absolute atomic E-state index is 0.233. The molecule has 0 unspecified atom stereocenters. The first-order valence-corrected chi connectivity index (χ1v) is 9.10. The van der Waals surface area contributed by atoms with E-state index in [-0.39, 0.29) is 12.0 Å². The fraction of sp³-hybridized carbons (Fsp3) is 0.200. The van der Waals surface area contributed by atoms with Crippen LogP contribution in [-0.4, -0.2) is 17.7 Å². The van der Waals surface area contributed by atoms with Crippen LogP contribution in [0, 0.1) is 0 Å². The van der Waals surface area contributed by atoms with E-state index >= 15 is 0 Å². The van der Waals surface area contributed by atoms with Gasteiger partial charge in [-0.15, -0.1) is 0 Å². The predicted molar refractivity (Wildman–Crippen MR) is 101 cm³/mol. The summed E-state index contributed by atoms with van der Waals surface area (Å²) < 4.78 is 5.34. The van der Waals surface area contributed by atoms with Crippen LogP contribution in [0.3, 0.4) is 0 Å². The van der Waals surface area contributed by atoms with Crippen molar-refractivity contribution in [1.82, 2.24) is 0 Å². The third kappa shape index (κ3) is 2.65. The Morgan fingerprint density at radius 3 is 2.64 bits per heavy atom. The standard InChI is InChI=1S/C20H18N2O2S/c1-3-24-19(23)17-13(2)21-20-22(15-11-7-8-12-16(15)25-20)18(17)14-9-5-4-6-10-14/h4-12,18H,3H2,1-2H3/t18-/m1/s1. The number of thioether (sulfide) groups is 1. The zero-order valence-corrected chi connectivity index (χ0v) is 14.9. The SMILES string of the molecule is CCOC(=O)C1=C(C)N=C2Sc3ccccc3N2[C@@H]1c1ccccc1. The molecule has 25 heavy (non-hydrogen) atoms. The number of ether oxygens (including phenoxy) is 1. The highest BCUT2D eigenvalue weighted by molar-refractivity contribution is 8.14. The molecule has 0 radical (unpaired) electrons. The zero-order valence-electron chi connectivity index (χ0n) is 14.1. The number of rotatable bonds is 3. The maximum atomic E-state index is 12.7. The zero-order chi connectivity index (χ0) is 17.4. The molecule has 126 valence electrons. The van der Waals surface area contributed by atoms with Gasteiger partial charge in [-0.25, -0.2) is 9.79 Å². The van der Waals surface area contributed by atoms with Crippen LogP contribution in [0.25, 0.3) is 0 Å². The Labute approximate surface area is 151 Å². The molecule has 5 heteroatoms. The number of amidine groups is 1. The number of esters is 1. The van der Waals surface area contributed by atoms with E-state index in [1.165, 1.54) is 0 Å². The van der Waals surface area contributed by atoms with E-state index in [0.29, 0.717) is 12.2 Å². The van der Waals surface area contributed by atoms with Crippen LogP contribution in [0.5, 0.6) is 0 Å². The van der Waals surface area contributed by atoms with Gasteiger partial charge >= 0.3 is 5.97 Å². The van der Waals surface area contributed by atoms with Gasteiger partial charge in [-0.1, -0.05) is 42.5 Å². The molecule has 2 aromatic rings.